The Labute approximate surface area is 136 Å². The molecule has 2 rings (SSSR count). The summed E-state index contributed by atoms with van der Waals surface area (Å²) >= 11 is 7.71. The molecule has 5 heteroatoms. The van der Waals surface area contributed by atoms with Gasteiger partial charge in [0.05, 0.1) is 11.7 Å². The van der Waals surface area contributed by atoms with Gasteiger partial charge in [0.25, 0.3) is 0 Å². The van der Waals surface area contributed by atoms with E-state index >= 15 is 0 Å². The van der Waals surface area contributed by atoms with Crippen molar-refractivity contribution in [1.82, 2.24) is 10.3 Å². The highest BCUT2D eigenvalue weighted by Crippen LogP contribution is 2.34. The predicted molar refractivity (Wildman–Crippen MR) is 92.6 cm³/mol. The van der Waals surface area contributed by atoms with Crippen molar-refractivity contribution in [3.8, 4) is 0 Å². The Bertz CT molecular complexity index is 594. The Kier molecular flexibility index (Phi) is 5.25. The topological polar surface area (TPSA) is 28.2 Å². The molecular weight excluding hydrogens is 302 g/mol. The molecule has 21 heavy (non-hydrogen) atoms. The molecule has 0 radical (unpaired) electrons. The van der Waals surface area contributed by atoms with Gasteiger partial charge < -0.3 is 10.2 Å². The monoisotopic (exact) mass is 323 g/mol. The van der Waals surface area contributed by atoms with Gasteiger partial charge in [-0.3, -0.25) is 0 Å². The molecule has 0 aliphatic rings. The Hall–Kier alpha value is -1.10. The lowest BCUT2D eigenvalue weighted by Gasteiger charge is -2.24. The normalized spacial score (nSPS) is 14.0. The second kappa shape index (κ2) is 6.77. The number of aryl methyl sites for hydroxylation is 1. The van der Waals surface area contributed by atoms with Gasteiger partial charge in [0.2, 0.25) is 0 Å². The van der Waals surface area contributed by atoms with Crippen molar-refractivity contribution in [2.75, 3.05) is 19.0 Å². The molecule has 0 spiro atoms. The maximum Gasteiger partial charge on any atom is 0.186 e. The third-order valence-corrected chi connectivity index (χ3v) is 5.57. The lowest BCUT2D eigenvalue weighted by molar-refractivity contribution is 0.658. The molecule has 2 unspecified atom stereocenters. The minimum Gasteiger partial charge on any atom is -0.344 e. The van der Waals surface area contributed by atoms with Crippen LogP contribution in [0, 0.1) is 6.92 Å². The van der Waals surface area contributed by atoms with Crippen molar-refractivity contribution in [1.29, 1.82) is 0 Å². The second-order valence-electron chi connectivity index (χ2n) is 5.29. The first-order valence-electron chi connectivity index (χ1n) is 7.07. The lowest BCUT2D eigenvalue weighted by atomic mass is 10.1. The van der Waals surface area contributed by atoms with E-state index in [1.165, 1.54) is 10.4 Å². The van der Waals surface area contributed by atoms with Gasteiger partial charge >= 0.3 is 0 Å². The molecule has 1 aromatic carbocycles. The number of nitrogens with zero attached hydrogens (tertiary/aromatic N) is 2. The molecular formula is C16H22ClN3S. The zero-order valence-electron chi connectivity index (χ0n) is 13.1. The Morgan fingerprint density at radius 2 is 1.86 bits per heavy atom. The Morgan fingerprint density at radius 3 is 2.43 bits per heavy atom. The summed E-state index contributed by atoms with van der Waals surface area (Å²) in [7, 11) is 4.06. The van der Waals surface area contributed by atoms with Crippen LogP contribution in [0.4, 0.5) is 5.13 Å². The first-order chi connectivity index (χ1) is 9.93. The van der Waals surface area contributed by atoms with Gasteiger partial charge in [0.15, 0.2) is 5.13 Å². The van der Waals surface area contributed by atoms with Crippen LogP contribution >= 0.6 is 22.9 Å². The average molecular weight is 324 g/mol. The van der Waals surface area contributed by atoms with Crippen molar-refractivity contribution >= 4 is 28.1 Å². The van der Waals surface area contributed by atoms with Crippen LogP contribution in [0.3, 0.4) is 0 Å². The van der Waals surface area contributed by atoms with Crippen molar-refractivity contribution in [3.63, 3.8) is 0 Å². The summed E-state index contributed by atoms with van der Waals surface area (Å²) in [6, 6.07) is 8.59. The van der Waals surface area contributed by atoms with Crippen LogP contribution < -0.4 is 10.2 Å². The van der Waals surface area contributed by atoms with Crippen LogP contribution in [0.15, 0.2) is 24.3 Å². The van der Waals surface area contributed by atoms with Crippen LogP contribution in [0.2, 0.25) is 5.02 Å². The quantitative estimate of drug-likeness (QED) is 0.872. The Morgan fingerprint density at radius 1 is 1.24 bits per heavy atom. The zero-order valence-corrected chi connectivity index (χ0v) is 14.7. The molecule has 0 amide bonds. The number of aromatic nitrogens is 1. The zero-order chi connectivity index (χ0) is 15.6. The van der Waals surface area contributed by atoms with Crippen LogP contribution in [0.25, 0.3) is 0 Å². The van der Waals surface area contributed by atoms with E-state index in [1.54, 1.807) is 11.3 Å². The lowest BCUT2D eigenvalue weighted by Crippen LogP contribution is -2.21. The van der Waals surface area contributed by atoms with E-state index in [1.807, 2.05) is 19.2 Å². The number of halogens is 1. The van der Waals surface area contributed by atoms with Gasteiger partial charge in [-0.2, -0.15) is 0 Å². The summed E-state index contributed by atoms with van der Waals surface area (Å²) in [6.07, 6.45) is 0. The van der Waals surface area contributed by atoms with E-state index in [9.17, 15) is 0 Å². The molecule has 114 valence electrons. The van der Waals surface area contributed by atoms with Crippen LogP contribution in [0.1, 0.15) is 42.1 Å². The van der Waals surface area contributed by atoms with Gasteiger partial charge in [0.1, 0.15) is 0 Å². The highest BCUT2D eigenvalue weighted by Gasteiger charge is 2.19. The summed E-state index contributed by atoms with van der Waals surface area (Å²) in [6.45, 7) is 6.41. The minimum atomic E-state index is 0.255. The van der Waals surface area contributed by atoms with E-state index in [2.05, 4.69) is 50.2 Å². The molecule has 0 aliphatic carbocycles. The SMILES string of the molecule is CNC(C)c1sc(N(C)C(C)c2ccc(Cl)cc2)nc1C. The molecule has 2 atom stereocenters. The molecule has 0 bridgehead atoms. The molecule has 2 aromatic rings. The fourth-order valence-electron chi connectivity index (χ4n) is 2.21. The second-order valence-corrected chi connectivity index (χ2v) is 6.74. The number of hydrogen-bond acceptors (Lipinski definition) is 4. The maximum atomic E-state index is 5.96. The third kappa shape index (κ3) is 3.57. The molecule has 3 nitrogen and oxygen atoms in total. The Balaban J connectivity index is 2.23. The molecule has 0 fully saturated rings. The maximum absolute atomic E-state index is 5.96. The average Bonchev–Trinajstić information content (AvgIpc) is 2.87. The first-order valence-corrected chi connectivity index (χ1v) is 8.26. The summed E-state index contributed by atoms with van der Waals surface area (Å²) < 4.78 is 0. The van der Waals surface area contributed by atoms with Gasteiger partial charge in [-0.25, -0.2) is 4.98 Å². The molecule has 0 saturated carbocycles. The van der Waals surface area contributed by atoms with Crippen LogP contribution in [0.5, 0.6) is 0 Å². The van der Waals surface area contributed by atoms with Gasteiger partial charge in [-0.15, -0.1) is 11.3 Å². The third-order valence-electron chi connectivity index (χ3n) is 3.88. The van der Waals surface area contributed by atoms with Crippen LogP contribution in [-0.2, 0) is 0 Å². The molecule has 1 heterocycles. The van der Waals surface area contributed by atoms with Crippen molar-refractivity contribution in [2.45, 2.75) is 32.9 Å². The van der Waals surface area contributed by atoms with E-state index in [0.717, 1.165) is 15.8 Å². The highest BCUT2D eigenvalue weighted by atomic mass is 35.5. The van der Waals surface area contributed by atoms with Crippen molar-refractivity contribution in [3.05, 3.63) is 45.4 Å². The number of nitrogens with one attached hydrogen (secondary N) is 1. The molecule has 1 N–H and O–H groups in total. The summed E-state index contributed by atoms with van der Waals surface area (Å²) in [5.74, 6) is 0. The standard InChI is InChI=1S/C16H22ClN3S/c1-10(18-4)15-11(2)19-16(21-15)20(5)12(3)13-6-8-14(17)9-7-13/h6-10,12,18H,1-5H3. The first kappa shape index (κ1) is 16.3. The molecule has 0 aliphatic heterocycles. The van der Waals surface area contributed by atoms with Gasteiger partial charge in [-0.1, -0.05) is 23.7 Å². The molecule has 0 saturated heterocycles. The number of rotatable bonds is 5. The number of benzene rings is 1. The fraction of sp³-hybridized carbons (Fsp3) is 0.438. The van der Waals surface area contributed by atoms with E-state index in [-0.39, 0.29) is 6.04 Å². The van der Waals surface area contributed by atoms with Crippen LogP contribution in [-0.4, -0.2) is 19.1 Å². The van der Waals surface area contributed by atoms with Gasteiger partial charge in [-0.05, 0) is 45.5 Å². The summed E-state index contributed by atoms with van der Waals surface area (Å²) in [5.41, 5.74) is 2.34. The number of anilines is 1. The number of hydrogen-bond donors (Lipinski definition) is 1. The molecule has 1 aromatic heterocycles. The largest absolute Gasteiger partial charge is 0.344 e. The smallest absolute Gasteiger partial charge is 0.186 e. The van der Waals surface area contributed by atoms with E-state index in [4.69, 9.17) is 16.6 Å². The van der Waals surface area contributed by atoms with Crippen molar-refractivity contribution < 1.29 is 0 Å². The van der Waals surface area contributed by atoms with E-state index in [0.29, 0.717) is 6.04 Å². The summed E-state index contributed by atoms with van der Waals surface area (Å²) in [5, 5.41) is 5.09. The minimum absolute atomic E-state index is 0.255. The predicted octanol–water partition coefficient (Wildman–Crippen LogP) is 4.58. The van der Waals surface area contributed by atoms with Crippen molar-refractivity contribution in [2.24, 2.45) is 0 Å². The number of thiazole rings is 1. The van der Waals surface area contributed by atoms with E-state index < -0.39 is 0 Å². The highest BCUT2D eigenvalue weighted by molar-refractivity contribution is 7.15. The van der Waals surface area contributed by atoms with Gasteiger partial charge in [0, 0.05) is 23.0 Å². The fourth-order valence-corrected chi connectivity index (χ4v) is 3.50. The summed E-state index contributed by atoms with van der Waals surface area (Å²) in [4.78, 5) is 8.23.